The Morgan fingerprint density at radius 3 is 2.27 bits per heavy atom. The molecule has 1 N–H and O–H groups in total. The normalized spacial score (nSPS) is 12.2. The van der Waals surface area contributed by atoms with Crippen LogP contribution in [-0.4, -0.2) is 38.3 Å². The Hall–Kier alpha value is -2.18. The average Bonchev–Trinajstić information content (AvgIpc) is 2.54. The third kappa shape index (κ3) is 4.71. The molecule has 2 aromatic carbocycles. The lowest BCUT2D eigenvalue weighted by Gasteiger charge is -2.27. The van der Waals surface area contributed by atoms with Gasteiger partial charge in [-0.15, -0.1) is 0 Å². The molecule has 0 fully saturated rings. The van der Waals surface area contributed by atoms with E-state index in [4.69, 9.17) is 0 Å². The highest BCUT2D eigenvalue weighted by molar-refractivity contribution is 7.89. The van der Waals surface area contributed by atoms with Gasteiger partial charge in [-0.25, -0.2) is 12.7 Å². The predicted molar refractivity (Wildman–Crippen MR) is 104 cm³/mol. The van der Waals surface area contributed by atoms with E-state index in [1.807, 2.05) is 44.2 Å². The maximum absolute atomic E-state index is 12.7. The number of amides is 1. The van der Waals surface area contributed by atoms with Crippen LogP contribution in [0.3, 0.4) is 0 Å². The average molecular weight is 375 g/mol. The van der Waals surface area contributed by atoms with Crippen LogP contribution in [0.4, 0.5) is 0 Å². The maximum atomic E-state index is 12.7. The molecular weight excluding hydrogens is 348 g/mol. The van der Waals surface area contributed by atoms with E-state index in [0.717, 1.165) is 9.87 Å². The molecule has 0 radical (unpaired) electrons. The van der Waals surface area contributed by atoms with Crippen molar-refractivity contribution >= 4 is 15.9 Å². The van der Waals surface area contributed by atoms with Gasteiger partial charge >= 0.3 is 0 Å². The van der Waals surface area contributed by atoms with E-state index in [2.05, 4.69) is 5.32 Å². The molecule has 0 saturated heterocycles. The first kappa shape index (κ1) is 20.1. The van der Waals surface area contributed by atoms with Crippen LogP contribution in [0.25, 0.3) is 0 Å². The monoisotopic (exact) mass is 374 g/mol. The molecule has 0 aliphatic carbocycles. The molecule has 0 unspecified atom stereocenters. The molecule has 6 heteroatoms. The number of carbonyl (C=O) groups is 1. The van der Waals surface area contributed by atoms with Gasteiger partial charge in [-0.2, -0.15) is 0 Å². The smallest absolute Gasteiger partial charge is 0.251 e. The summed E-state index contributed by atoms with van der Waals surface area (Å²) in [5.74, 6) is -0.291. The fourth-order valence-electron chi connectivity index (χ4n) is 2.75. The lowest BCUT2D eigenvalue weighted by Crippen LogP contribution is -2.45. The van der Waals surface area contributed by atoms with Crippen LogP contribution in [0.15, 0.2) is 53.4 Å². The van der Waals surface area contributed by atoms with Gasteiger partial charge in [-0.05, 0) is 50.5 Å². The molecule has 0 saturated carbocycles. The fourth-order valence-corrected chi connectivity index (χ4v) is 3.89. The first-order valence-electron chi connectivity index (χ1n) is 8.42. The quantitative estimate of drug-likeness (QED) is 0.845. The molecule has 140 valence electrons. The van der Waals surface area contributed by atoms with Gasteiger partial charge in [0, 0.05) is 25.2 Å². The van der Waals surface area contributed by atoms with Crippen LogP contribution in [0, 0.1) is 6.92 Å². The second kappa shape index (κ2) is 7.60. The number of nitrogens with one attached hydrogen (secondary N) is 1. The topological polar surface area (TPSA) is 66.5 Å². The molecule has 2 aromatic rings. The lowest BCUT2D eigenvalue weighted by molar-refractivity contribution is 0.0913. The molecule has 1 amide bonds. The summed E-state index contributed by atoms with van der Waals surface area (Å²) in [7, 11) is -0.649. The highest BCUT2D eigenvalue weighted by Gasteiger charge is 2.24. The zero-order valence-corrected chi connectivity index (χ0v) is 16.7. The number of nitrogens with zero attached hydrogens (tertiary/aromatic N) is 1. The van der Waals surface area contributed by atoms with E-state index >= 15 is 0 Å². The number of aryl methyl sites for hydroxylation is 1. The maximum Gasteiger partial charge on any atom is 0.251 e. The molecular formula is C20H26N2O3S. The molecule has 0 aromatic heterocycles. The zero-order chi connectivity index (χ0) is 19.5. The number of hydrogen-bond donors (Lipinski definition) is 1. The van der Waals surface area contributed by atoms with Crippen LogP contribution >= 0.6 is 0 Å². The molecule has 0 heterocycles. The van der Waals surface area contributed by atoms with Crippen molar-refractivity contribution in [1.29, 1.82) is 0 Å². The Morgan fingerprint density at radius 1 is 1.08 bits per heavy atom. The number of rotatable bonds is 6. The molecule has 0 aliphatic rings. The van der Waals surface area contributed by atoms with Crippen molar-refractivity contribution in [2.24, 2.45) is 0 Å². The van der Waals surface area contributed by atoms with Gasteiger partial charge in [0.2, 0.25) is 10.0 Å². The fraction of sp³-hybridized carbons (Fsp3) is 0.350. The van der Waals surface area contributed by atoms with Gasteiger partial charge in [-0.3, -0.25) is 4.79 Å². The second-order valence-corrected chi connectivity index (χ2v) is 9.39. The van der Waals surface area contributed by atoms with E-state index in [-0.39, 0.29) is 10.8 Å². The highest BCUT2D eigenvalue weighted by atomic mass is 32.2. The van der Waals surface area contributed by atoms with Gasteiger partial charge in [0.05, 0.1) is 4.90 Å². The first-order valence-corrected chi connectivity index (χ1v) is 9.86. The SMILES string of the molecule is Cc1ccc(C(=O)NC(C)(C)Cc2ccccc2)cc1S(=O)(=O)N(C)C. The Morgan fingerprint density at radius 2 is 1.69 bits per heavy atom. The Labute approximate surface area is 156 Å². The number of benzene rings is 2. The van der Waals surface area contributed by atoms with Crippen LogP contribution in [0.5, 0.6) is 0 Å². The van der Waals surface area contributed by atoms with Gasteiger partial charge in [0.1, 0.15) is 0 Å². The van der Waals surface area contributed by atoms with Crippen molar-refractivity contribution in [3.8, 4) is 0 Å². The summed E-state index contributed by atoms with van der Waals surface area (Å²) in [6, 6.07) is 14.7. The van der Waals surface area contributed by atoms with Crippen LogP contribution in [0.1, 0.15) is 35.3 Å². The molecule has 0 aliphatic heterocycles. The van der Waals surface area contributed by atoms with Crippen molar-refractivity contribution in [2.45, 2.75) is 37.6 Å². The standard InChI is InChI=1S/C20H26N2O3S/c1-15-11-12-17(13-18(15)26(24,25)22(4)5)19(23)21-20(2,3)14-16-9-7-6-8-10-16/h6-13H,14H2,1-5H3,(H,21,23). The lowest BCUT2D eigenvalue weighted by atomic mass is 9.94. The third-order valence-corrected chi connectivity index (χ3v) is 6.11. The zero-order valence-electron chi connectivity index (χ0n) is 15.9. The van der Waals surface area contributed by atoms with Crippen molar-refractivity contribution < 1.29 is 13.2 Å². The van der Waals surface area contributed by atoms with Crippen molar-refractivity contribution in [1.82, 2.24) is 9.62 Å². The number of sulfonamides is 1. The summed E-state index contributed by atoms with van der Waals surface area (Å²) < 4.78 is 26.0. The molecule has 0 bridgehead atoms. The summed E-state index contributed by atoms with van der Waals surface area (Å²) in [4.78, 5) is 12.8. The van der Waals surface area contributed by atoms with Crippen LogP contribution < -0.4 is 5.32 Å². The summed E-state index contributed by atoms with van der Waals surface area (Å²) >= 11 is 0. The van der Waals surface area contributed by atoms with Gasteiger partial charge < -0.3 is 5.32 Å². The molecule has 0 atom stereocenters. The van der Waals surface area contributed by atoms with Gasteiger partial charge in [-0.1, -0.05) is 36.4 Å². The first-order chi connectivity index (χ1) is 12.0. The minimum absolute atomic E-state index is 0.149. The predicted octanol–water partition coefficient (Wildman–Crippen LogP) is 3.00. The van der Waals surface area contributed by atoms with Crippen LogP contribution in [0.2, 0.25) is 0 Å². The highest BCUT2D eigenvalue weighted by Crippen LogP contribution is 2.21. The molecule has 0 spiro atoms. The summed E-state index contributed by atoms with van der Waals surface area (Å²) in [5, 5.41) is 3.00. The Balaban J connectivity index is 2.25. The molecule has 26 heavy (non-hydrogen) atoms. The van der Waals surface area contributed by atoms with Gasteiger partial charge in [0.25, 0.3) is 5.91 Å². The largest absolute Gasteiger partial charge is 0.347 e. The van der Waals surface area contributed by atoms with Crippen molar-refractivity contribution in [2.75, 3.05) is 14.1 Å². The molecule has 2 rings (SSSR count). The number of hydrogen-bond acceptors (Lipinski definition) is 3. The minimum atomic E-state index is -3.60. The minimum Gasteiger partial charge on any atom is -0.347 e. The van der Waals surface area contributed by atoms with E-state index in [1.165, 1.54) is 20.2 Å². The van der Waals surface area contributed by atoms with E-state index in [0.29, 0.717) is 17.5 Å². The molecule has 5 nitrogen and oxygen atoms in total. The van der Waals surface area contributed by atoms with Crippen molar-refractivity contribution in [3.63, 3.8) is 0 Å². The summed E-state index contributed by atoms with van der Waals surface area (Å²) in [6.07, 6.45) is 0.675. The summed E-state index contributed by atoms with van der Waals surface area (Å²) in [5.41, 5.74) is 1.60. The van der Waals surface area contributed by atoms with E-state index in [1.54, 1.807) is 19.1 Å². The Bertz CT molecular complexity index is 889. The number of carbonyl (C=O) groups excluding carboxylic acids is 1. The summed E-state index contributed by atoms with van der Waals surface area (Å²) in [6.45, 7) is 5.62. The van der Waals surface area contributed by atoms with Crippen LogP contribution in [-0.2, 0) is 16.4 Å². The van der Waals surface area contributed by atoms with Crippen molar-refractivity contribution in [3.05, 3.63) is 65.2 Å². The van der Waals surface area contributed by atoms with E-state index in [9.17, 15) is 13.2 Å². The second-order valence-electron chi connectivity index (χ2n) is 7.27. The van der Waals surface area contributed by atoms with E-state index < -0.39 is 15.6 Å². The Kier molecular flexibility index (Phi) is 5.88. The third-order valence-electron chi connectivity index (χ3n) is 4.15. The van der Waals surface area contributed by atoms with Gasteiger partial charge in [0.15, 0.2) is 0 Å².